The molecular weight excluding hydrogens is 376 g/mol. The molecule has 5 heteroatoms. The van der Waals surface area contributed by atoms with Gasteiger partial charge in [-0.2, -0.15) is 0 Å². The summed E-state index contributed by atoms with van der Waals surface area (Å²) in [6, 6.07) is 0. The summed E-state index contributed by atoms with van der Waals surface area (Å²) >= 11 is 5.50. The SMILES string of the molecule is Br.BrBr.C1CCC2=NCCCN2CC1. The first kappa shape index (κ1) is 14.9. The molecule has 14 heavy (non-hydrogen) atoms. The summed E-state index contributed by atoms with van der Waals surface area (Å²) in [6.07, 6.45) is 6.63. The average molecular weight is 393 g/mol. The van der Waals surface area contributed by atoms with E-state index in [1.54, 1.807) is 0 Å². The molecule has 0 bridgehead atoms. The number of hydrogen-bond donors (Lipinski definition) is 0. The monoisotopic (exact) mass is 390 g/mol. The predicted molar refractivity (Wildman–Crippen MR) is 75.1 cm³/mol. The third kappa shape index (κ3) is 4.62. The van der Waals surface area contributed by atoms with E-state index in [4.69, 9.17) is 0 Å². The van der Waals surface area contributed by atoms with Gasteiger partial charge in [-0.25, -0.2) is 0 Å². The molecule has 2 aliphatic heterocycles. The highest BCUT2D eigenvalue weighted by atomic mass is 80.9. The summed E-state index contributed by atoms with van der Waals surface area (Å²) in [5, 5.41) is 0. The number of rotatable bonds is 0. The van der Waals surface area contributed by atoms with E-state index in [2.05, 4.69) is 38.1 Å². The Morgan fingerprint density at radius 1 is 1.00 bits per heavy atom. The minimum absolute atomic E-state index is 0. The van der Waals surface area contributed by atoms with Crippen LogP contribution in [0.25, 0.3) is 0 Å². The molecule has 2 rings (SSSR count). The second-order valence-corrected chi connectivity index (χ2v) is 3.45. The highest BCUT2D eigenvalue weighted by Gasteiger charge is 2.16. The zero-order chi connectivity index (χ0) is 9.52. The first-order valence-electron chi connectivity index (χ1n) is 4.89. The maximum absolute atomic E-state index is 4.55. The van der Waals surface area contributed by atoms with E-state index in [1.165, 1.54) is 51.0 Å². The Morgan fingerprint density at radius 2 is 1.71 bits per heavy atom. The maximum Gasteiger partial charge on any atom is 0.0988 e. The van der Waals surface area contributed by atoms with Gasteiger partial charge in [-0.1, -0.05) is 6.42 Å². The quantitative estimate of drug-likeness (QED) is 0.609. The van der Waals surface area contributed by atoms with E-state index in [1.807, 2.05) is 0 Å². The van der Waals surface area contributed by atoms with E-state index in [9.17, 15) is 0 Å². The largest absolute Gasteiger partial charge is 0.360 e. The van der Waals surface area contributed by atoms with Gasteiger partial charge < -0.3 is 4.90 Å². The number of fused-ring (bicyclic) bond motifs is 1. The van der Waals surface area contributed by atoms with Crippen LogP contribution >= 0.6 is 45.2 Å². The number of amidine groups is 1. The van der Waals surface area contributed by atoms with Crippen molar-refractivity contribution in [1.82, 2.24) is 4.90 Å². The standard InChI is InChI=1S/C9H16N2.Br2.BrH/c1-2-5-9-10-6-4-8-11(9)7-3-1;1-2;/h1-8H2;;1H. The van der Waals surface area contributed by atoms with E-state index < -0.39 is 0 Å². The van der Waals surface area contributed by atoms with E-state index >= 15 is 0 Å². The van der Waals surface area contributed by atoms with Crippen LogP contribution in [0.15, 0.2) is 4.99 Å². The van der Waals surface area contributed by atoms with Crippen molar-refractivity contribution in [2.45, 2.75) is 32.1 Å². The topological polar surface area (TPSA) is 15.6 Å². The second kappa shape index (κ2) is 9.16. The van der Waals surface area contributed by atoms with Crippen LogP contribution in [0.5, 0.6) is 0 Å². The van der Waals surface area contributed by atoms with Crippen LogP contribution < -0.4 is 0 Å². The van der Waals surface area contributed by atoms with Crippen molar-refractivity contribution in [1.29, 1.82) is 0 Å². The zero-order valence-corrected chi connectivity index (χ0v) is 13.1. The zero-order valence-electron chi connectivity index (χ0n) is 8.22. The normalized spacial score (nSPS) is 20.4. The fraction of sp³-hybridized carbons (Fsp3) is 0.889. The Kier molecular flexibility index (Phi) is 9.75. The number of nitrogens with zero attached hydrogens (tertiary/aromatic N) is 2. The van der Waals surface area contributed by atoms with Crippen molar-refractivity contribution in [3.8, 4) is 0 Å². The van der Waals surface area contributed by atoms with Crippen LogP contribution in [0.3, 0.4) is 0 Å². The van der Waals surface area contributed by atoms with Gasteiger partial charge in [-0.3, -0.25) is 4.99 Å². The van der Waals surface area contributed by atoms with Crippen LogP contribution in [-0.2, 0) is 0 Å². The minimum atomic E-state index is 0. The lowest BCUT2D eigenvalue weighted by atomic mass is 10.2. The van der Waals surface area contributed by atoms with Crippen molar-refractivity contribution in [3.63, 3.8) is 0 Å². The minimum Gasteiger partial charge on any atom is -0.360 e. The summed E-state index contributed by atoms with van der Waals surface area (Å²) in [5.41, 5.74) is 0. The molecule has 0 aromatic heterocycles. The van der Waals surface area contributed by atoms with Gasteiger partial charge in [-0.05, 0) is 19.3 Å². The molecule has 0 aromatic rings. The summed E-state index contributed by atoms with van der Waals surface area (Å²) in [4.78, 5) is 7.04. The van der Waals surface area contributed by atoms with Crippen LogP contribution in [-0.4, -0.2) is 30.4 Å². The van der Waals surface area contributed by atoms with Crippen molar-refractivity contribution >= 4 is 51.1 Å². The molecule has 0 saturated carbocycles. The summed E-state index contributed by atoms with van der Waals surface area (Å²) in [6.45, 7) is 3.60. The van der Waals surface area contributed by atoms with E-state index in [0.29, 0.717) is 0 Å². The van der Waals surface area contributed by atoms with Crippen LogP contribution in [0.2, 0.25) is 0 Å². The van der Waals surface area contributed by atoms with Gasteiger partial charge in [0.2, 0.25) is 0 Å². The molecule has 0 spiro atoms. The van der Waals surface area contributed by atoms with Crippen molar-refractivity contribution in [2.75, 3.05) is 19.6 Å². The molecule has 84 valence electrons. The molecule has 0 radical (unpaired) electrons. The first-order valence-corrected chi connectivity index (χ1v) is 8.61. The Balaban J connectivity index is 0.000000531. The van der Waals surface area contributed by atoms with Crippen LogP contribution in [0.4, 0.5) is 0 Å². The Morgan fingerprint density at radius 3 is 2.50 bits per heavy atom. The molecule has 0 amide bonds. The van der Waals surface area contributed by atoms with Gasteiger partial charge >= 0.3 is 0 Å². The molecule has 2 aliphatic rings. The Labute approximate surface area is 112 Å². The van der Waals surface area contributed by atoms with Gasteiger partial charge in [-0.15, -0.1) is 17.0 Å². The molecule has 1 saturated heterocycles. The molecule has 0 N–H and O–H groups in total. The molecule has 0 aliphatic carbocycles. The fourth-order valence-electron chi connectivity index (χ4n) is 1.94. The lowest BCUT2D eigenvalue weighted by molar-refractivity contribution is 0.391. The predicted octanol–water partition coefficient (Wildman–Crippen LogP) is 3.93. The second-order valence-electron chi connectivity index (χ2n) is 3.45. The van der Waals surface area contributed by atoms with E-state index in [0.717, 1.165) is 6.54 Å². The van der Waals surface area contributed by atoms with Gasteiger partial charge in [0.05, 0.1) is 5.84 Å². The van der Waals surface area contributed by atoms with Gasteiger partial charge in [0.15, 0.2) is 0 Å². The van der Waals surface area contributed by atoms with Gasteiger partial charge in [0, 0.05) is 54.3 Å². The van der Waals surface area contributed by atoms with Crippen molar-refractivity contribution < 1.29 is 0 Å². The van der Waals surface area contributed by atoms with Gasteiger partial charge in [0.25, 0.3) is 0 Å². The number of halogens is 3. The molecule has 2 heterocycles. The van der Waals surface area contributed by atoms with Crippen molar-refractivity contribution in [2.24, 2.45) is 4.99 Å². The number of aliphatic imine (C=N–C) groups is 1. The number of hydrogen-bond acceptors (Lipinski definition) is 2. The highest BCUT2D eigenvalue weighted by molar-refractivity contribution is 9.93. The molecule has 0 atom stereocenters. The lowest BCUT2D eigenvalue weighted by Crippen LogP contribution is -2.34. The molecule has 0 aromatic carbocycles. The third-order valence-corrected chi connectivity index (χ3v) is 2.57. The van der Waals surface area contributed by atoms with Crippen LogP contribution in [0.1, 0.15) is 32.1 Å². The summed E-state index contributed by atoms with van der Waals surface area (Å²) in [7, 11) is 0. The third-order valence-electron chi connectivity index (χ3n) is 2.57. The fourth-order valence-corrected chi connectivity index (χ4v) is 1.94. The molecule has 0 unspecified atom stereocenters. The van der Waals surface area contributed by atoms with Crippen LogP contribution in [0, 0.1) is 0 Å². The van der Waals surface area contributed by atoms with Gasteiger partial charge in [0.1, 0.15) is 0 Å². The smallest absolute Gasteiger partial charge is 0.0988 e. The first-order chi connectivity index (χ1) is 6.47. The summed E-state index contributed by atoms with van der Waals surface area (Å²) < 4.78 is 0. The lowest BCUT2D eigenvalue weighted by Gasteiger charge is -2.27. The average Bonchev–Trinajstić information content (AvgIpc) is 2.45. The molecular formula is C9H17Br3N2. The Bertz CT molecular complexity index is 173. The maximum atomic E-state index is 4.55. The van der Waals surface area contributed by atoms with Crippen molar-refractivity contribution in [3.05, 3.63) is 0 Å². The Hall–Kier alpha value is 0.910. The highest BCUT2D eigenvalue weighted by Crippen LogP contribution is 2.15. The summed E-state index contributed by atoms with van der Waals surface area (Å²) in [5.74, 6) is 1.40. The van der Waals surface area contributed by atoms with E-state index in [-0.39, 0.29) is 17.0 Å². The molecule has 1 fully saturated rings. The molecule has 2 nitrogen and oxygen atoms in total.